The third kappa shape index (κ3) is 5.12. The number of rotatable bonds is 9. The number of aryl methyl sites for hydroxylation is 1. The summed E-state index contributed by atoms with van der Waals surface area (Å²) in [5.41, 5.74) is 4.45. The Labute approximate surface area is 214 Å². The highest BCUT2D eigenvalue weighted by Gasteiger charge is 2.51. The van der Waals surface area contributed by atoms with Gasteiger partial charge < -0.3 is 16.0 Å². The molecule has 0 saturated heterocycles. The van der Waals surface area contributed by atoms with E-state index in [2.05, 4.69) is 53.2 Å². The summed E-state index contributed by atoms with van der Waals surface area (Å²) in [5.74, 6) is 3.62. The molecule has 2 aromatic carbocycles. The summed E-state index contributed by atoms with van der Waals surface area (Å²) in [4.78, 5) is 18.0. The highest BCUT2D eigenvalue weighted by Crippen LogP contribution is 2.61. The van der Waals surface area contributed by atoms with E-state index >= 15 is 0 Å². The number of aromatic nitrogens is 1. The minimum Gasteiger partial charge on any atom is -0.369 e. The highest BCUT2D eigenvalue weighted by molar-refractivity contribution is 6.01. The Morgan fingerprint density at radius 1 is 0.972 bits per heavy atom. The Hall–Kier alpha value is -2.92. The number of benzene rings is 2. The molecule has 1 amide bonds. The second kappa shape index (κ2) is 9.85. The molecule has 36 heavy (non-hydrogen) atoms. The van der Waals surface area contributed by atoms with Gasteiger partial charge in [-0.25, -0.2) is 4.98 Å². The van der Waals surface area contributed by atoms with Crippen LogP contribution in [0.25, 0.3) is 10.9 Å². The highest BCUT2D eigenvalue weighted by atomic mass is 16.1. The largest absolute Gasteiger partial charge is 0.369 e. The predicted octanol–water partition coefficient (Wildman–Crippen LogP) is 6.30. The average Bonchev–Trinajstić information content (AvgIpc) is 2.83. The van der Waals surface area contributed by atoms with Gasteiger partial charge in [-0.1, -0.05) is 35.9 Å². The van der Waals surface area contributed by atoms with Gasteiger partial charge in [-0.2, -0.15) is 0 Å². The van der Waals surface area contributed by atoms with Crippen molar-refractivity contribution in [3.63, 3.8) is 0 Å². The quantitative estimate of drug-likeness (QED) is 0.314. The smallest absolute Gasteiger partial charge is 0.224 e. The van der Waals surface area contributed by atoms with Crippen LogP contribution < -0.4 is 16.0 Å². The molecule has 0 spiro atoms. The minimum atomic E-state index is 0.169. The molecular weight excluding hydrogens is 444 g/mol. The fourth-order valence-electron chi connectivity index (χ4n) is 7.62. The van der Waals surface area contributed by atoms with E-state index in [9.17, 15) is 4.79 Å². The maximum absolute atomic E-state index is 13.2. The minimum absolute atomic E-state index is 0.169. The van der Waals surface area contributed by atoms with Crippen molar-refractivity contribution in [3.05, 3.63) is 72.3 Å². The first-order valence-electron chi connectivity index (χ1n) is 13.6. The van der Waals surface area contributed by atoms with Gasteiger partial charge in [0, 0.05) is 24.9 Å². The van der Waals surface area contributed by atoms with Crippen LogP contribution in [-0.2, 0) is 4.79 Å². The summed E-state index contributed by atoms with van der Waals surface area (Å²) in [7, 11) is 0. The number of carbonyl (C=O) groups excluding carboxylic acids is 1. The van der Waals surface area contributed by atoms with E-state index in [0.29, 0.717) is 6.42 Å². The number of fused-ring (bicyclic) bond motifs is 1. The van der Waals surface area contributed by atoms with Gasteiger partial charge in [0.2, 0.25) is 5.91 Å². The first-order chi connectivity index (χ1) is 17.5. The van der Waals surface area contributed by atoms with Gasteiger partial charge in [0.15, 0.2) is 0 Å². The first-order valence-corrected chi connectivity index (χ1v) is 13.6. The van der Waals surface area contributed by atoms with Crippen LogP contribution in [0.5, 0.6) is 0 Å². The zero-order valence-corrected chi connectivity index (χ0v) is 21.2. The molecule has 187 valence electrons. The summed E-state index contributed by atoms with van der Waals surface area (Å²) in [6.07, 6.45) is 8.68. The molecule has 3 N–H and O–H groups in total. The SMILES string of the molecule is Cc1cccc([CH]NCCNc2ccc3c(NC(=O)CC45CC6CC(CC(C6)C4)C5)cccc3n2)c1. The van der Waals surface area contributed by atoms with Gasteiger partial charge >= 0.3 is 0 Å². The fraction of sp³-hybridized carbons (Fsp3) is 0.452. The number of anilines is 2. The molecule has 1 radical (unpaired) electrons. The average molecular weight is 482 g/mol. The summed E-state index contributed by atoms with van der Waals surface area (Å²) in [6, 6.07) is 18.5. The van der Waals surface area contributed by atoms with Crippen molar-refractivity contribution >= 4 is 28.3 Å². The van der Waals surface area contributed by atoms with Gasteiger partial charge in [-0.15, -0.1) is 0 Å². The Morgan fingerprint density at radius 3 is 2.47 bits per heavy atom. The summed E-state index contributed by atoms with van der Waals surface area (Å²) >= 11 is 0. The van der Waals surface area contributed by atoms with Crippen LogP contribution in [-0.4, -0.2) is 24.0 Å². The Balaban J connectivity index is 1.04. The molecule has 4 bridgehead atoms. The number of amides is 1. The molecule has 1 aromatic heterocycles. The van der Waals surface area contributed by atoms with Crippen molar-refractivity contribution < 1.29 is 4.79 Å². The molecule has 5 heteroatoms. The van der Waals surface area contributed by atoms with Crippen molar-refractivity contribution in [2.24, 2.45) is 23.2 Å². The topological polar surface area (TPSA) is 66.0 Å². The molecular formula is C31H37N4O. The number of nitrogens with zero attached hydrogens (tertiary/aromatic N) is 1. The summed E-state index contributed by atoms with van der Waals surface area (Å²) in [6.45, 7) is 5.71. The monoisotopic (exact) mass is 481 g/mol. The molecule has 3 aromatic rings. The predicted molar refractivity (Wildman–Crippen MR) is 147 cm³/mol. The number of carbonyl (C=O) groups is 1. The van der Waals surface area contributed by atoms with Crippen LogP contribution in [0.15, 0.2) is 54.6 Å². The molecule has 4 saturated carbocycles. The molecule has 4 fully saturated rings. The van der Waals surface area contributed by atoms with Crippen LogP contribution in [0.2, 0.25) is 0 Å². The van der Waals surface area contributed by atoms with E-state index in [0.717, 1.165) is 53.3 Å². The van der Waals surface area contributed by atoms with E-state index in [-0.39, 0.29) is 11.3 Å². The molecule has 4 aliphatic rings. The molecule has 0 atom stereocenters. The lowest BCUT2D eigenvalue weighted by atomic mass is 9.49. The third-order valence-electron chi connectivity index (χ3n) is 8.59. The van der Waals surface area contributed by atoms with Crippen LogP contribution in [0, 0.1) is 36.6 Å². The maximum Gasteiger partial charge on any atom is 0.224 e. The van der Waals surface area contributed by atoms with Crippen molar-refractivity contribution in [2.75, 3.05) is 23.7 Å². The molecule has 7 rings (SSSR count). The summed E-state index contributed by atoms with van der Waals surface area (Å²) in [5, 5.41) is 11.0. The Kier molecular flexibility index (Phi) is 6.43. The van der Waals surface area contributed by atoms with Crippen molar-refractivity contribution in [1.82, 2.24) is 10.3 Å². The van der Waals surface area contributed by atoms with Crippen LogP contribution in [0.1, 0.15) is 56.1 Å². The van der Waals surface area contributed by atoms with Gasteiger partial charge in [-0.3, -0.25) is 4.79 Å². The van der Waals surface area contributed by atoms with Gasteiger partial charge in [-0.05, 0) is 98.4 Å². The van der Waals surface area contributed by atoms with Crippen molar-refractivity contribution in [3.8, 4) is 0 Å². The van der Waals surface area contributed by atoms with E-state index in [1.165, 1.54) is 49.7 Å². The third-order valence-corrected chi connectivity index (χ3v) is 8.59. The molecule has 1 heterocycles. The van der Waals surface area contributed by atoms with Crippen LogP contribution >= 0.6 is 0 Å². The summed E-state index contributed by atoms with van der Waals surface area (Å²) < 4.78 is 0. The zero-order valence-electron chi connectivity index (χ0n) is 21.2. The van der Waals surface area contributed by atoms with Crippen LogP contribution in [0.3, 0.4) is 0 Å². The molecule has 4 aliphatic carbocycles. The zero-order chi connectivity index (χ0) is 24.5. The van der Waals surface area contributed by atoms with Gasteiger partial charge in [0.1, 0.15) is 5.82 Å². The first kappa shape index (κ1) is 23.5. The second-order valence-electron chi connectivity index (χ2n) is 11.7. The second-order valence-corrected chi connectivity index (χ2v) is 11.7. The van der Waals surface area contributed by atoms with E-state index in [1.54, 1.807) is 0 Å². The number of hydrogen-bond acceptors (Lipinski definition) is 4. The lowest BCUT2D eigenvalue weighted by Crippen LogP contribution is -2.47. The van der Waals surface area contributed by atoms with E-state index in [1.807, 2.05) is 30.8 Å². The lowest BCUT2D eigenvalue weighted by Gasteiger charge is -2.56. The molecule has 5 nitrogen and oxygen atoms in total. The van der Waals surface area contributed by atoms with Gasteiger partial charge in [0.25, 0.3) is 0 Å². The molecule has 0 unspecified atom stereocenters. The van der Waals surface area contributed by atoms with E-state index < -0.39 is 0 Å². The maximum atomic E-state index is 13.2. The molecule has 0 aliphatic heterocycles. The number of pyridine rings is 1. The number of hydrogen-bond donors (Lipinski definition) is 3. The van der Waals surface area contributed by atoms with Crippen LogP contribution in [0.4, 0.5) is 11.5 Å². The Bertz CT molecular complexity index is 1220. The Morgan fingerprint density at radius 2 is 1.72 bits per heavy atom. The standard InChI is InChI=1S/C31H37N4O/c1-21-4-2-5-22(12-21)20-32-10-11-33-29-9-8-26-27(34-29)6-3-7-28(26)35-30(36)19-31-16-23-13-24(17-31)15-25(14-23)18-31/h2-9,12,20,23-25,32H,10-11,13-19H2,1H3,(H,33,34)(H,35,36). The van der Waals surface area contributed by atoms with Crippen molar-refractivity contribution in [2.45, 2.75) is 51.9 Å². The van der Waals surface area contributed by atoms with Crippen molar-refractivity contribution in [1.29, 1.82) is 0 Å². The lowest BCUT2D eigenvalue weighted by molar-refractivity contribution is -0.124. The van der Waals surface area contributed by atoms with Gasteiger partial charge in [0.05, 0.1) is 17.7 Å². The normalized spacial score (nSPS) is 26.3. The number of nitrogens with one attached hydrogen (secondary N) is 3. The van der Waals surface area contributed by atoms with E-state index in [4.69, 9.17) is 4.98 Å². The fourth-order valence-corrected chi connectivity index (χ4v) is 7.62.